The Morgan fingerprint density at radius 2 is 2.19 bits per heavy atom. The summed E-state index contributed by atoms with van der Waals surface area (Å²) in [5.74, 6) is 1.98. The molecule has 0 bridgehead atoms. The van der Waals surface area contributed by atoms with Crippen molar-refractivity contribution in [3.05, 3.63) is 46.4 Å². The quantitative estimate of drug-likeness (QED) is 0.928. The number of nitrogens with one attached hydrogen (secondary N) is 1. The van der Waals surface area contributed by atoms with E-state index in [1.807, 2.05) is 12.1 Å². The van der Waals surface area contributed by atoms with Crippen LogP contribution in [0.4, 0.5) is 5.69 Å². The lowest BCUT2D eigenvalue weighted by atomic mass is 10.2. The minimum atomic E-state index is -0.0368. The molecule has 1 aliphatic rings. The van der Waals surface area contributed by atoms with E-state index in [0.717, 1.165) is 11.3 Å². The monoisotopic (exact) mass is 288 g/mol. The highest BCUT2D eigenvalue weighted by Crippen LogP contribution is 2.41. The van der Waals surface area contributed by atoms with Crippen LogP contribution in [0.1, 0.15) is 5.56 Å². The van der Waals surface area contributed by atoms with Gasteiger partial charge >= 0.3 is 0 Å². The molecule has 1 aromatic heterocycles. The van der Waals surface area contributed by atoms with Crippen LogP contribution < -0.4 is 25.1 Å². The third-order valence-electron chi connectivity index (χ3n) is 3.30. The smallest absolute Gasteiger partial charge is 0.250 e. The van der Waals surface area contributed by atoms with E-state index >= 15 is 0 Å². The summed E-state index contributed by atoms with van der Waals surface area (Å²) < 4.78 is 17.6. The molecule has 2 heterocycles. The van der Waals surface area contributed by atoms with Crippen molar-refractivity contribution in [2.75, 3.05) is 19.2 Å². The number of nitrogens with zero attached hydrogens (tertiary/aromatic N) is 1. The molecule has 0 atom stereocenters. The van der Waals surface area contributed by atoms with Gasteiger partial charge in [0.1, 0.15) is 0 Å². The highest BCUT2D eigenvalue weighted by molar-refractivity contribution is 5.55. The number of anilines is 1. The maximum absolute atomic E-state index is 11.3. The van der Waals surface area contributed by atoms with E-state index in [4.69, 9.17) is 14.2 Å². The van der Waals surface area contributed by atoms with Gasteiger partial charge in [0.2, 0.25) is 18.1 Å². The standard InChI is InChI=1S/C15H16N2O4/c1-17-8-11(3-4-14(17)18)16-7-10-5-12(19-2)15-13(6-10)20-9-21-15/h3-6,8,16H,7,9H2,1-2H3. The number of methoxy groups -OCH3 is 1. The molecule has 2 aromatic rings. The van der Waals surface area contributed by atoms with Crippen LogP contribution in [0.2, 0.25) is 0 Å². The Balaban J connectivity index is 1.79. The Labute approximate surface area is 121 Å². The second kappa shape index (κ2) is 5.40. The zero-order valence-electron chi connectivity index (χ0n) is 11.9. The van der Waals surface area contributed by atoms with E-state index in [0.29, 0.717) is 23.8 Å². The largest absolute Gasteiger partial charge is 0.493 e. The third kappa shape index (κ3) is 2.65. The molecule has 0 fully saturated rings. The van der Waals surface area contributed by atoms with Crippen LogP contribution in [-0.4, -0.2) is 18.5 Å². The maximum atomic E-state index is 11.3. The lowest BCUT2D eigenvalue weighted by molar-refractivity contribution is 0.171. The van der Waals surface area contributed by atoms with E-state index in [2.05, 4.69) is 5.32 Å². The topological polar surface area (TPSA) is 61.7 Å². The number of benzene rings is 1. The van der Waals surface area contributed by atoms with Crippen molar-refractivity contribution < 1.29 is 14.2 Å². The van der Waals surface area contributed by atoms with Crippen LogP contribution in [0.5, 0.6) is 17.2 Å². The van der Waals surface area contributed by atoms with Crippen LogP contribution in [0.25, 0.3) is 0 Å². The van der Waals surface area contributed by atoms with Crippen molar-refractivity contribution >= 4 is 5.69 Å². The van der Waals surface area contributed by atoms with Crippen molar-refractivity contribution in [3.63, 3.8) is 0 Å². The molecule has 3 rings (SSSR count). The minimum Gasteiger partial charge on any atom is -0.493 e. The summed E-state index contributed by atoms with van der Waals surface area (Å²) in [5, 5.41) is 3.26. The van der Waals surface area contributed by atoms with Gasteiger partial charge in [0.25, 0.3) is 0 Å². The van der Waals surface area contributed by atoms with Crippen molar-refractivity contribution in [2.24, 2.45) is 7.05 Å². The van der Waals surface area contributed by atoms with Crippen molar-refractivity contribution in [1.82, 2.24) is 4.57 Å². The molecule has 0 amide bonds. The molecule has 0 spiro atoms. The van der Waals surface area contributed by atoms with Crippen LogP contribution in [0.15, 0.2) is 35.3 Å². The number of rotatable bonds is 4. The zero-order chi connectivity index (χ0) is 14.8. The number of aryl methyl sites for hydroxylation is 1. The lowest BCUT2D eigenvalue weighted by Crippen LogP contribution is -2.15. The minimum absolute atomic E-state index is 0.0368. The van der Waals surface area contributed by atoms with E-state index < -0.39 is 0 Å². The van der Waals surface area contributed by atoms with Crippen molar-refractivity contribution in [2.45, 2.75) is 6.54 Å². The van der Waals surface area contributed by atoms with Gasteiger partial charge in [0.15, 0.2) is 11.5 Å². The Hall–Kier alpha value is -2.63. The van der Waals surface area contributed by atoms with Crippen LogP contribution >= 0.6 is 0 Å². The summed E-state index contributed by atoms with van der Waals surface area (Å²) in [6, 6.07) is 7.11. The third-order valence-corrected chi connectivity index (χ3v) is 3.30. The van der Waals surface area contributed by atoms with Crippen molar-refractivity contribution in [3.8, 4) is 17.2 Å². The number of aromatic nitrogens is 1. The number of hydrogen-bond donors (Lipinski definition) is 1. The summed E-state index contributed by atoms with van der Waals surface area (Å²) in [4.78, 5) is 11.3. The van der Waals surface area contributed by atoms with E-state index in [-0.39, 0.29) is 12.4 Å². The molecular weight excluding hydrogens is 272 g/mol. The molecule has 6 nitrogen and oxygen atoms in total. The number of hydrogen-bond acceptors (Lipinski definition) is 5. The molecule has 1 aromatic carbocycles. The first-order valence-corrected chi connectivity index (χ1v) is 6.54. The van der Waals surface area contributed by atoms with Gasteiger partial charge in [-0.05, 0) is 23.8 Å². The summed E-state index contributed by atoms with van der Waals surface area (Å²) in [6.07, 6.45) is 1.76. The first kappa shape index (κ1) is 13.4. The molecule has 6 heteroatoms. The molecule has 1 N–H and O–H groups in total. The highest BCUT2D eigenvalue weighted by Gasteiger charge is 2.19. The molecular formula is C15H16N2O4. The number of fused-ring (bicyclic) bond motifs is 1. The molecule has 0 saturated heterocycles. The van der Waals surface area contributed by atoms with Gasteiger partial charge < -0.3 is 24.1 Å². The number of pyridine rings is 1. The second-order valence-corrected chi connectivity index (χ2v) is 4.75. The summed E-state index contributed by atoms with van der Waals surface area (Å²) in [5.41, 5.74) is 1.84. The fourth-order valence-electron chi connectivity index (χ4n) is 2.19. The van der Waals surface area contributed by atoms with Crippen LogP contribution in [-0.2, 0) is 13.6 Å². The number of ether oxygens (including phenoxy) is 3. The summed E-state index contributed by atoms with van der Waals surface area (Å²) in [7, 11) is 3.32. The predicted molar refractivity (Wildman–Crippen MR) is 78.1 cm³/mol. The Bertz CT molecular complexity index is 724. The molecule has 110 valence electrons. The fourth-order valence-corrected chi connectivity index (χ4v) is 2.19. The molecule has 0 aliphatic carbocycles. The Kier molecular flexibility index (Phi) is 3.43. The normalized spacial score (nSPS) is 12.3. The first-order valence-electron chi connectivity index (χ1n) is 6.54. The van der Waals surface area contributed by atoms with Gasteiger partial charge in [-0.1, -0.05) is 0 Å². The summed E-state index contributed by atoms with van der Waals surface area (Å²) in [6.45, 7) is 0.800. The van der Waals surface area contributed by atoms with Gasteiger partial charge in [0.05, 0.1) is 12.8 Å². The average Bonchev–Trinajstić information content (AvgIpc) is 2.96. The van der Waals surface area contributed by atoms with Gasteiger partial charge in [0, 0.05) is 25.9 Å². The molecule has 0 saturated carbocycles. The molecule has 0 unspecified atom stereocenters. The molecule has 21 heavy (non-hydrogen) atoms. The van der Waals surface area contributed by atoms with E-state index in [1.165, 1.54) is 10.6 Å². The highest BCUT2D eigenvalue weighted by atomic mass is 16.7. The summed E-state index contributed by atoms with van der Waals surface area (Å²) >= 11 is 0. The van der Waals surface area contributed by atoms with Crippen molar-refractivity contribution in [1.29, 1.82) is 0 Å². The van der Waals surface area contributed by atoms with Crippen LogP contribution in [0.3, 0.4) is 0 Å². The average molecular weight is 288 g/mol. The van der Waals surface area contributed by atoms with Gasteiger partial charge in [-0.3, -0.25) is 4.79 Å². The van der Waals surface area contributed by atoms with E-state index in [9.17, 15) is 4.79 Å². The molecule has 1 aliphatic heterocycles. The zero-order valence-corrected chi connectivity index (χ0v) is 11.9. The van der Waals surface area contributed by atoms with Gasteiger partial charge in [-0.2, -0.15) is 0 Å². The predicted octanol–water partition coefficient (Wildman–Crippen LogP) is 1.73. The SMILES string of the molecule is COc1cc(CNc2ccc(=O)n(C)c2)cc2c1OCO2. The van der Waals surface area contributed by atoms with Gasteiger partial charge in [-0.15, -0.1) is 0 Å². The van der Waals surface area contributed by atoms with E-state index in [1.54, 1.807) is 26.4 Å². The van der Waals surface area contributed by atoms with Crippen LogP contribution in [0, 0.1) is 0 Å². The fraction of sp³-hybridized carbons (Fsp3) is 0.267. The lowest BCUT2D eigenvalue weighted by Gasteiger charge is -2.10. The Morgan fingerprint density at radius 1 is 1.33 bits per heavy atom. The Morgan fingerprint density at radius 3 is 2.95 bits per heavy atom. The first-order chi connectivity index (χ1) is 10.2. The second-order valence-electron chi connectivity index (χ2n) is 4.75. The maximum Gasteiger partial charge on any atom is 0.250 e. The van der Waals surface area contributed by atoms with Gasteiger partial charge in [-0.25, -0.2) is 0 Å². The molecule has 0 radical (unpaired) electrons.